The molecule has 34 heavy (non-hydrogen) atoms. The third-order valence-corrected chi connectivity index (χ3v) is 6.19. The standard InChI is InChI=1S/C25H25ClN6O2/c1-16(2)32-25(19(26)14-28-32)20-13-22-30(23(33)10-12-31(22)29-20)15-17-6-8-18(9-7-17)24-21(34-3)5-4-11-27-24/h4-9,11,13-14,16H,10,12,15H2,1-3H3. The topological polar surface area (TPSA) is 78.1 Å². The van der Waals surface area contributed by atoms with Gasteiger partial charge in [-0.15, -0.1) is 0 Å². The summed E-state index contributed by atoms with van der Waals surface area (Å²) in [6, 6.07) is 13.8. The highest BCUT2D eigenvalue weighted by Gasteiger charge is 2.28. The van der Waals surface area contributed by atoms with Crippen LogP contribution in [0.25, 0.3) is 22.6 Å². The minimum absolute atomic E-state index is 0.0675. The first-order valence-corrected chi connectivity index (χ1v) is 11.5. The number of fused-ring (bicyclic) bond motifs is 1. The molecule has 8 nitrogen and oxygen atoms in total. The number of carbonyl (C=O) groups excluding carboxylic acids is 1. The van der Waals surface area contributed by atoms with E-state index in [4.69, 9.17) is 21.4 Å². The fraction of sp³-hybridized carbons (Fsp3) is 0.280. The minimum Gasteiger partial charge on any atom is -0.494 e. The van der Waals surface area contributed by atoms with E-state index in [1.807, 2.05) is 65.7 Å². The fourth-order valence-corrected chi connectivity index (χ4v) is 4.46. The van der Waals surface area contributed by atoms with Crippen molar-refractivity contribution in [1.82, 2.24) is 24.5 Å². The van der Waals surface area contributed by atoms with Gasteiger partial charge >= 0.3 is 0 Å². The number of aromatic nitrogens is 5. The highest BCUT2D eigenvalue weighted by molar-refractivity contribution is 6.33. The lowest BCUT2D eigenvalue weighted by molar-refractivity contribution is -0.119. The van der Waals surface area contributed by atoms with E-state index in [1.54, 1.807) is 24.4 Å². The first-order valence-electron chi connectivity index (χ1n) is 11.2. The van der Waals surface area contributed by atoms with E-state index in [9.17, 15) is 4.79 Å². The summed E-state index contributed by atoms with van der Waals surface area (Å²) < 4.78 is 9.16. The summed E-state index contributed by atoms with van der Waals surface area (Å²) in [5, 5.41) is 9.68. The van der Waals surface area contributed by atoms with Crippen LogP contribution in [0.4, 0.5) is 5.82 Å². The van der Waals surface area contributed by atoms with Crippen LogP contribution in [0.2, 0.25) is 5.02 Å². The predicted octanol–water partition coefficient (Wildman–Crippen LogP) is 4.99. The van der Waals surface area contributed by atoms with Crippen LogP contribution in [0.3, 0.4) is 0 Å². The van der Waals surface area contributed by atoms with Crippen molar-refractivity contribution in [2.75, 3.05) is 12.0 Å². The van der Waals surface area contributed by atoms with Crippen molar-refractivity contribution in [3.63, 3.8) is 0 Å². The van der Waals surface area contributed by atoms with Crippen LogP contribution < -0.4 is 9.64 Å². The lowest BCUT2D eigenvalue weighted by Gasteiger charge is -2.27. The number of amides is 1. The number of benzene rings is 1. The number of pyridine rings is 1. The monoisotopic (exact) mass is 476 g/mol. The molecule has 1 amide bonds. The molecule has 174 valence electrons. The van der Waals surface area contributed by atoms with E-state index in [-0.39, 0.29) is 11.9 Å². The molecule has 3 aromatic heterocycles. The molecule has 0 aliphatic carbocycles. The maximum absolute atomic E-state index is 12.9. The van der Waals surface area contributed by atoms with Crippen molar-refractivity contribution in [2.24, 2.45) is 0 Å². The SMILES string of the molecule is COc1cccnc1-c1ccc(CN2C(=O)CCn3nc(-c4c(Cl)cnn4C(C)C)cc32)cc1. The number of aryl methyl sites for hydroxylation is 1. The van der Waals surface area contributed by atoms with Crippen molar-refractivity contribution >= 4 is 23.3 Å². The Balaban J connectivity index is 1.44. The van der Waals surface area contributed by atoms with Crippen LogP contribution in [-0.4, -0.2) is 37.6 Å². The molecular formula is C25H25ClN6O2. The Morgan fingerprint density at radius 2 is 1.97 bits per heavy atom. The van der Waals surface area contributed by atoms with Gasteiger partial charge in [-0.25, -0.2) is 4.68 Å². The van der Waals surface area contributed by atoms with Gasteiger partial charge in [0.1, 0.15) is 28.6 Å². The first kappa shape index (κ1) is 22.2. The summed E-state index contributed by atoms with van der Waals surface area (Å²) in [4.78, 5) is 19.1. The Hall–Kier alpha value is -3.65. The van der Waals surface area contributed by atoms with Gasteiger partial charge in [-0.2, -0.15) is 10.2 Å². The largest absolute Gasteiger partial charge is 0.494 e. The Kier molecular flexibility index (Phi) is 5.83. The summed E-state index contributed by atoms with van der Waals surface area (Å²) in [6.07, 6.45) is 3.78. The highest BCUT2D eigenvalue weighted by atomic mass is 35.5. The van der Waals surface area contributed by atoms with Crippen molar-refractivity contribution in [3.05, 3.63) is 65.4 Å². The summed E-state index contributed by atoms with van der Waals surface area (Å²) in [6.45, 7) is 5.07. The molecule has 0 unspecified atom stereocenters. The number of nitrogens with zero attached hydrogens (tertiary/aromatic N) is 6. The molecule has 0 N–H and O–H groups in total. The number of anilines is 1. The second-order valence-corrected chi connectivity index (χ2v) is 8.88. The van der Waals surface area contributed by atoms with Crippen LogP contribution >= 0.6 is 11.6 Å². The summed E-state index contributed by atoms with van der Waals surface area (Å²) >= 11 is 6.44. The highest BCUT2D eigenvalue weighted by Crippen LogP contribution is 2.34. The molecule has 0 radical (unpaired) electrons. The van der Waals surface area contributed by atoms with Gasteiger partial charge in [-0.1, -0.05) is 35.9 Å². The van der Waals surface area contributed by atoms with Crippen molar-refractivity contribution in [3.8, 4) is 28.4 Å². The summed E-state index contributed by atoms with van der Waals surface area (Å²) in [5.74, 6) is 1.55. The quantitative estimate of drug-likeness (QED) is 0.392. The van der Waals surface area contributed by atoms with E-state index < -0.39 is 0 Å². The van der Waals surface area contributed by atoms with Crippen LogP contribution in [-0.2, 0) is 17.9 Å². The molecule has 0 bridgehead atoms. The van der Waals surface area contributed by atoms with Crippen molar-refractivity contribution < 1.29 is 9.53 Å². The van der Waals surface area contributed by atoms with Gasteiger partial charge in [-0.05, 0) is 31.5 Å². The molecule has 0 fully saturated rings. The Bertz CT molecular complexity index is 1340. The molecule has 1 aromatic carbocycles. The molecular weight excluding hydrogens is 452 g/mol. The van der Waals surface area contributed by atoms with Gasteiger partial charge in [-0.3, -0.25) is 19.4 Å². The average Bonchev–Trinajstić information content (AvgIpc) is 3.44. The Morgan fingerprint density at radius 3 is 2.71 bits per heavy atom. The number of hydrogen-bond donors (Lipinski definition) is 0. The normalized spacial score (nSPS) is 13.4. The molecule has 0 saturated carbocycles. The Morgan fingerprint density at radius 1 is 1.18 bits per heavy atom. The number of ether oxygens (including phenoxy) is 1. The zero-order chi connectivity index (χ0) is 23.8. The minimum atomic E-state index is 0.0675. The summed E-state index contributed by atoms with van der Waals surface area (Å²) in [7, 11) is 1.63. The summed E-state index contributed by atoms with van der Waals surface area (Å²) in [5.41, 5.74) is 4.22. The fourth-order valence-electron chi connectivity index (χ4n) is 4.23. The van der Waals surface area contributed by atoms with E-state index in [2.05, 4.69) is 10.1 Å². The van der Waals surface area contributed by atoms with E-state index in [0.29, 0.717) is 30.2 Å². The number of methoxy groups -OCH3 is 1. The number of hydrogen-bond acceptors (Lipinski definition) is 5. The third kappa shape index (κ3) is 3.94. The maximum atomic E-state index is 12.9. The zero-order valence-corrected chi connectivity index (χ0v) is 20.0. The predicted molar refractivity (Wildman–Crippen MR) is 131 cm³/mol. The molecule has 4 heterocycles. The van der Waals surface area contributed by atoms with Gasteiger partial charge in [0.2, 0.25) is 5.91 Å². The van der Waals surface area contributed by atoms with Crippen LogP contribution in [0.15, 0.2) is 54.9 Å². The average molecular weight is 477 g/mol. The van der Waals surface area contributed by atoms with Gasteiger partial charge in [0.05, 0.1) is 31.4 Å². The van der Waals surface area contributed by atoms with Gasteiger partial charge < -0.3 is 4.74 Å². The smallest absolute Gasteiger partial charge is 0.230 e. The maximum Gasteiger partial charge on any atom is 0.230 e. The van der Waals surface area contributed by atoms with Crippen LogP contribution in [0.5, 0.6) is 5.75 Å². The molecule has 0 saturated heterocycles. The molecule has 1 aliphatic heterocycles. The molecule has 4 aromatic rings. The van der Waals surface area contributed by atoms with E-state index in [1.165, 1.54) is 0 Å². The Labute approximate surface area is 202 Å². The van der Waals surface area contributed by atoms with Crippen molar-refractivity contribution in [2.45, 2.75) is 39.4 Å². The van der Waals surface area contributed by atoms with Crippen LogP contribution in [0.1, 0.15) is 31.9 Å². The first-order chi connectivity index (χ1) is 16.5. The molecule has 1 aliphatic rings. The third-order valence-electron chi connectivity index (χ3n) is 5.92. The van der Waals surface area contributed by atoms with Crippen molar-refractivity contribution in [1.29, 1.82) is 0 Å². The van der Waals surface area contributed by atoms with Crippen LogP contribution in [0, 0.1) is 0 Å². The number of carbonyl (C=O) groups is 1. The zero-order valence-electron chi connectivity index (χ0n) is 19.3. The second kappa shape index (κ2) is 8.95. The van der Waals surface area contributed by atoms with Gasteiger partial charge in [0.25, 0.3) is 0 Å². The molecule has 0 spiro atoms. The second-order valence-electron chi connectivity index (χ2n) is 8.47. The number of rotatable bonds is 6. The van der Waals surface area contributed by atoms with Gasteiger partial charge in [0.15, 0.2) is 0 Å². The van der Waals surface area contributed by atoms with E-state index in [0.717, 1.165) is 34.1 Å². The lowest BCUT2D eigenvalue weighted by Crippen LogP contribution is -2.36. The number of halogens is 1. The lowest BCUT2D eigenvalue weighted by atomic mass is 10.1. The molecule has 9 heteroatoms. The van der Waals surface area contributed by atoms with Gasteiger partial charge in [0, 0.05) is 30.3 Å². The molecule has 5 rings (SSSR count). The van der Waals surface area contributed by atoms with E-state index >= 15 is 0 Å². The molecule has 0 atom stereocenters.